The number of halogens is 2. The zero-order valence-corrected chi connectivity index (χ0v) is 20.2. The molecular weight excluding hydrogens is 480 g/mol. The lowest BCUT2D eigenvalue weighted by Gasteiger charge is -2.20. The van der Waals surface area contributed by atoms with Crippen LogP contribution in [-0.2, 0) is 22.6 Å². The molecule has 0 aliphatic rings. The van der Waals surface area contributed by atoms with Crippen molar-refractivity contribution < 1.29 is 21.9 Å². The highest BCUT2D eigenvalue weighted by atomic mass is 32.2. The molecule has 0 radical (unpaired) electrons. The Morgan fingerprint density at radius 2 is 1.77 bits per heavy atom. The Labute approximate surface area is 200 Å². The second-order valence-electron chi connectivity index (χ2n) is 8.00. The van der Waals surface area contributed by atoms with Crippen molar-refractivity contribution in [1.82, 2.24) is 34.5 Å². The number of rotatable bonds is 8. The number of hydrogen-bond acceptors (Lipinski definition) is 8. The van der Waals surface area contributed by atoms with E-state index in [-0.39, 0.29) is 17.3 Å². The lowest BCUT2D eigenvalue weighted by Crippen LogP contribution is -2.27. The summed E-state index contributed by atoms with van der Waals surface area (Å²) < 4.78 is 63.9. The summed E-state index contributed by atoms with van der Waals surface area (Å²) in [6.07, 6.45) is 4.48. The summed E-state index contributed by atoms with van der Waals surface area (Å²) in [5.74, 6) is -2.76. The van der Waals surface area contributed by atoms with Crippen molar-refractivity contribution in [2.75, 3.05) is 7.11 Å². The van der Waals surface area contributed by atoms with Crippen LogP contribution in [0.4, 0.5) is 8.78 Å². The minimum absolute atomic E-state index is 0.0153. The Hall–Kier alpha value is -3.74. The minimum Gasteiger partial charge on any atom is -0.480 e. The first-order valence-electron chi connectivity index (χ1n) is 10.6. The van der Waals surface area contributed by atoms with E-state index >= 15 is 0 Å². The zero-order valence-electron chi connectivity index (χ0n) is 19.4. The predicted molar refractivity (Wildman–Crippen MR) is 123 cm³/mol. The fourth-order valence-electron chi connectivity index (χ4n) is 3.58. The third-order valence-electron chi connectivity index (χ3n) is 5.76. The molecule has 0 aliphatic heterocycles. The first kappa shape index (κ1) is 24.4. The molecule has 0 amide bonds. The SMILES string of the molecule is COc1cnc([C@@H](C)[C@H](C)S(=O)(=O)Cc2nnc(-c3ccn(C)n3)n2-c2c(F)cccc2F)cn1. The molecule has 0 bridgehead atoms. The predicted octanol–water partition coefficient (Wildman–Crippen LogP) is 2.85. The molecule has 13 heteroatoms. The van der Waals surface area contributed by atoms with Crippen LogP contribution in [0, 0.1) is 11.6 Å². The van der Waals surface area contributed by atoms with E-state index in [1.54, 1.807) is 26.2 Å². The highest BCUT2D eigenvalue weighted by Gasteiger charge is 2.32. The van der Waals surface area contributed by atoms with E-state index in [4.69, 9.17) is 4.74 Å². The molecule has 35 heavy (non-hydrogen) atoms. The second-order valence-corrected chi connectivity index (χ2v) is 10.4. The molecule has 2 atom stereocenters. The number of sulfone groups is 1. The molecule has 0 saturated carbocycles. The number of methoxy groups -OCH3 is 1. The summed E-state index contributed by atoms with van der Waals surface area (Å²) >= 11 is 0. The lowest BCUT2D eigenvalue weighted by molar-refractivity contribution is 0.394. The van der Waals surface area contributed by atoms with Crippen LogP contribution in [0.25, 0.3) is 17.2 Å². The Kier molecular flexibility index (Phi) is 6.61. The maximum atomic E-state index is 14.8. The first-order valence-corrected chi connectivity index (χ1v) is 12.3. The summed E-state index contributed by atoms with van der Waals surface area (Å²) in [6.45, 7) is 3.25. The molecule has 4 aromatic rings. The van der Waals surface area contributed by atoms with Crippen LogP contribution >= 0.6 is 0 Å². The van der Waals surface area contributed by atoms with Gasteiger partial charge in [-0.2, -0.15) is 5.10 Å². The molecule has 0 spiro atoms. The average Bonchev–Trinajstić information content (AvgIpc) is 3.44. The third-order valence-corrected chi connectivity index (χ3v) is 7.96. The van der Waals surface area contributed by atoms with E-state index in [1.807, 2.05) is 0 Å². The third kappa shape index (κ3) is 4.76. The molecule has 3 aromatic heterocycles. The highest BCUT2D eigenvalue weighted by Crippen LogP contribution is 2.29. The van der Waals surface area contributed by atoms with Crippen LogP contribution in [0.3, 0.4) is 0 Å². The van der Waals surface area contributed by atoms with Gasteiger partial charge in [0.05, 0.1) is 30.4 Å². The number of benzene rings is 1. The Balaban J connectivity index is 1.75. The van der Waals surface area contributed by atoms with Crippen LogP contribution in [-0.4, -0.2) is 55.3 Å². The van der Waals surface area contributed by atoms with Crippen molar-refractivity contribution in [3.63, 3.8) is 0 Å². The van der Waals surface area contributed by atoms with E-state index < -0.39 is 44.1 Å². The van der Waals surface area contributed by atoms with Crippen LogP contribution in [0.1, 0.15) is 31.3 Å². The number of para-hydroxylation sites is 1. The van der Waals surface area contributed by atoms with Crippen molar-refractivity contribution >= 4 is 9.84 Å². The Morgan fingerprint density at radius 3 is 2.34 bits per heavy atom. The molecule has 0 unspecified atom stereocenters. The number of nitrogens with zero attached hydrogens (tertiary/aromatic N) is 7. The van der Waals surface area contributed by atoms with Crippen LogP contribution in [0.15, 0.2) is 42.9 Å². The first-order chi connectivity index (χ1) is 16.6. The van der Waals surface area contributed by atoms with E-state index in [1.165, 1.54) is 37.2 Å². The lowest BCUT2D eigenvalue weighted by atomic mass is 10.1. The Morgan fingerprint density at radius 1 is 1.06 bits per heavy atom. The number of aryl methyl sites for hydroxylation is 1. The monoisotopic (exact) mass is 503 g/mol. The van der Waals surface area contributed by atoms with Gasteiger partial charge in [-0.15, -0.1) is 10.2 Å². The molecule has 1 aromatic carbocycles. The van der Waals surface area contributed by atoms with Gasteiger partial charge in [-0.25, -0.2) is 22.2 Å². The van der Waals surface area contributed by atoms with Crippen molar-refractivity contribution in [2.45, 2.75) is 30.8 Å². The molecule has 184 valence electrons. The van der Waals surface area contributed by atoms with Gasteiger partial charge in [-0.05, 0) is 25.1 Å². The molecule has 0 N–H and O–H groups in total. The Bertz CT molecular complexity index is 1430. The van der Waals surface area contributed by atoms with Crippen molar-refractivity contribution in [2.24, 2.45) is 7.05 Å². The van der Waals surface area contributed by atoms with Gasteiger partial charge >= 0.3 is 0 Å². The van der Waals surface area contributed by atoms with E-state index in [0.29, 0.717) is 11.6 Å². The topological polar surface area (TPSA) is 118 Å². The standard InChI is InChI=1S/C22H23F2N7O3S/c1-13(18-10-26-20(34-4)11-25-18)14(2)35(32,33)12-19-27-28-22(17-8-9-30(3)29-17)31(19)21-15(23)6-5-7-16(21)24/h5-11,13-14H,12H2,1-4H3/t13-,14-/m0/s1. The molecule has 0 aliphatic carbocycles. The van der Waals surface area contributed by atoms with Gasteiger partial charge in [-0.3, -0.25) is 14.2 Å². The van der Waals surface area contributed by atoms with Gasteiger partial charge in [-0.1, -0.05) is 13.0 Å². The number of aromatic nitrogens is 7. The highest BCUT2D eigenvalue weighted by molar-refractivity contribution is 7.91. The summed E-state index contributed by atoms with van der Waals surface area (Å²) in [6, 6.07) is 4.96. The largest absolute Gasteiger partial charge is 0.480 e. The quantitative estimate of drug-likeness (QED) is 0.360. The molecular formula is C22H23F2N7O3S. The van der Waals surface area contributed by atoms with Gasteiger partial charge in [0.15, 0.2) is 21.5 Å². The van der Waals surface area contributed by atoms with Gasteiger partial charge in [0.1, 0.15) is 28.8 Å². The molecule has 10 nitrogen and oxygen atoms in total. The summed E-state index contributed by atoms with van der Waals surface area (Å²) in [4.78, 5) is 8.31. The second kappa shape index (κ2) is 9.49. The molecule has 3 heterocycles. The zero-order chi connectivity index (χ0) is 25.3. The number of hydrogen-bond donors (Lipinski definition) is 0. The van der Waals surface area contributed by atoms with Crippen molar-refractivity contribution in [3.8, 4) is 23.1 Å². The van der Waals surface area contributed by atoms with Crippen LogP contribution < -0.4 is 4.74 Å². The van der Waals surface area contributed by atoms with Gasteiger partial charge in [0, 0.05) is 19.2 Å². The van der Waals surface area contributed by atoms with Crippen LogP contribution in [0.5, 0.6) is 5.88 Å². The smallest absolute Gasteiger partial charge is 0.231 e. The summed E-state index contributed by atoms with van der Waals surface area (Å²) in [5.41, 5.74) is 0.254. The van der Waals surface area contributed by atoms with Gasteiger partial charge in [0.25, 0.3) is 0 Å². The average molecular weight is 504 g/mol. The normalized spacial score (nSPS) is 13.5. The van der Waals surface area contributed by atoms with Crippen molar-refractivity contribution in [3.05, 3.63) is 66.0 Å². The fourth-order valence-corrected chi connectivity index (χ4v) is 5.15. The fraction of sp³-hybridized carbons (Fsp3) is 0.318. The molecule has 0 fully saturated rings. The van der Waals surface area contributed by atoms with E-state index in [0.717, 1.165) is 16.7 Å². The maximum Gasteiger partial charge on any atom is 0.231 e. The summed E-state index contributed by atoms with van der Waals surface area (Å²) in [5, 5.41) is 11.3. The van der Waals surface area contributed by atoms with E-state index in [9.17, 15) is 17.2 Å². The minimum atomic E-state index is -3.89. The van der Waals surface area contributed by atoms with Crippen LogP contribution in [0.2, 0.25) is 0 Å². The molecule has 0 saturated heterocycles. The molecule has 4 rings (SSSR count). The number of ether oxygens (including phenoxy) is 1. The maximum absolute atomic E-state index is 14.8. The van der Waals surface area contributed by atoms with Gasteiger partial charge in [0.2, 0.25) is 5.88 Å². The summed E-state index contributed by atoms with van der Waals surface area (Å²) in [7, 11) is -0.766. The van der Waals surface area contributed by atoms with Crippen molar-refractivity contribution in [1.29, 1.82) is 0 Å². The van der Waals surface area contributed by atoms with E-state index in [2.05, 4.69) is 25.3 Å². The van der Waals surface area contributed by atoms with Gasteiger partial charge < -0.3 is 4.74 Å².